The second kappa shape index (κ2) is 13.2. The van der Waals surface area contributed by atoms with Crippen LogP contribution in [0.25, 0.3) is 11.1 Å². The molecule has 1 aliphatic heterocycles. The maximum absolute atomic E-state index is 13.4. The number of hydrogen-bond donors (Lipinski definition) is 1. The van der Waals surface area contributed by atoms with Crippen LogP contribution in [0.2, 0.25) is 0 Å². The molecule has 2 heterocycles. The lowest BCUT2D eigenvalue weighted by atomic mass is 10.1. The third-order valence-electron chi connectivity index (χ3n) is 6.36. The molecule has 196 valence electrons. The minimum Gasteiger partial charge on any atom is -0.494 e. The maximum Gasteiger partial charge on any atom is 0.226 e. The van der Waals surface area contributed by atoms with Crippen molar-refractivity contribution in [2.75, 3.05) is 53.0 Å². The maximum atomic E-state index is 13.4. The average Bonchev–Trinajstić information content (AvgIpc) is 2.90. The minimum absolute atomic E-state index is 0.105. The number of nitrogens with zero attached hydrogens (tertiary/aromatic N) is 3. The lowest BCUT2D eigenvalue weighted by molar-refractivity contribution is -0.120. The fourth-order valence-electron chi connectivity index (χ4n) is 4.22. The number of piperazine rings is 1. The van der Waals surface area contributed by atoms with Crippen molar-refractivity contribution in [3.05, 3.63) is 77.7 Å². The summed E-state index contributed by atoms with van der Waals surface area (Å²) in [6.07, 6.45) is 0.105. The number of aromatic nitrogens is 1. The van der Waals surface area contributed by atoms with Gasteiger partial charge in [0.25, 0.3) is 0 Å². The van der Waals surface area contributed by atoms with E-state index in [4.69, 9.17) is 14.5 Å². The van der Waals surface area contributed by atoms with Gasteiger partial charge in [-0.05, 0) is 61.5 Å². The summed E-state index contributed by atoms with van der Waals surface area (Å²) in [6.45, 7) is 8.29. The second-order valence-electron chi connectivity index (χ2n) is 9.19. The summed E-state index contributed by atoms with van der Waals surface area (Å²) in [4.78, 5) is 22.0. The normalized spacial score (nSPS) is 14.4. The van der Waals surface area contributed by atoms with Gasteiger partial charge in [-0.1, -0.05) is 24.3 Å². The Labute approximate surface area is 218 Å². The highest BCUT2D eigenvalue weighted by atomic mass is 19.1. The SMILES string of the molecule is CCOc1ccc(-c2ccc(CC(=O)NCc3cccc(F)c3)nc2OCCN2CCN(C)CC2)cc1. The standard InChI is InChI=1S/C29H35FN4O3/c1-3-36-26-10-7-23(8-11-26)27-12-9-25(20-28(35)31-21-22-5-4-6-24(30)19-22)32-29(27)37-18-17-34-15-13-33(2)14-16-34/h4-12,19H,3,13-18,20-21H2,1-2H3,(H,31,35). The molecule has 2 aromatic carbocycles. The molecule has 0 unspecified atom stereocenters. The predicted octanol–water partition coefficient (Wildman–Crippen LogP) is 3.77. The molecule has 1 aliphatic rings. The van der Waals surface area contributed by atoms with E-state index in [9.17, 15) is 9.18 Å². The first-order chi connectivity index (χ1) is 18.0. The van der Waals surface area contributed by atoms with E-state index >= 15 is 0 Å². The number of ether oxygens (including phenoxy) is 2. The number of rotatable bonds is 11. The van der Waals surface area contributed by atoms with Crippen molar-refractivity contribution in [2.24, 2.45) is 0 Å². The summed E-state index contributed by atoms with van der Waals surface area (Å²) in [5.41, 5.74) is 3.15. The van der Waals surface area contributed by atoms with Crippen LogP contribution in [0.5, 0.6) is 11.6 Å². The molecule has 0 bridgehead atoms. The van der Waals surface area contributed by atoms with E-state index in [0.29, 0.717) is 30.4 Å². The molecule has 0 atom stereocenters. The molecule has 1 saturated heterocycles. The first kappa shape index (κ1) is 26.6. The van der Waals surface area contributed by atoms with E-state index < -0.39 is 0 Å². The Morgan fingerprint density at radius 2 is 1.81 bits per heavy atom. The lowest BCUT2D eigenvalue weighted by Crippen LogP contribution is -2.45. The van der Waals surface area contributed by atoms with Crippen molar-refractivity contribution in [3.8, 4) is 22.8 Å². The Morgan fingerprint density at radius 1 is 1.03 bits per heavy atom. The predicted molar refractivity (Wildman–Crippen MR) is 142 cm³/mol. The Morgan fingerprint density at radius 3 is 2.54 bits per heavy atom. The quantitative estimate of drug-likeness (QED) is 0.427. The first-order valence-corrected chi connectivity index (χ1v) is 12.8. The lowest BCUT2D eigenvalue weighted by Gasteiger charge is -2.32. The first-order valence-electron chi connectivity index (χ1n) is 12.8. The molecule has 8 heteroatoms. The molecule has 0 aliphatic carbocycles. The summed E-state index contributed by atoms with van der Waals surface area (Å²) >= 11 is 0. The van der Waals surface area contributed by atoms with Gasteiger partial charge in [-0.25, -0.2) is 9.37 Å². The molecule has 7 nitrogen and oxygen atoms in total. The van der Waals surface area contributed by atoms with Crippen molar-refractivity contribution in [3.63, 3.8) is 0 Å². The van der Waals surface area contributed by atoms with Crippen LogP contribution >= 0.6 is 0 Å². The largest absolute Gasteiger partial charge is 0.494 e. The van der Waals surface area contributed by atoms with Gasteiger partial charge in [0.1, 0.15) is 18.2 Å². The highest BCUT2D eigenvalue weighted by Gasteiger charge is 2.16. The third kappa shape index (κ3) is 8.00. The number of carbonyl (C=O) groups excluding carboxylic acids is 1. The van der Waals surface area contributed by atoms with E-state index in [1.54, 1.807) is 12.1 Å². The van der Waals surface area contributed by atoms with E-state index in [1.807, 2.05) is 43.3 Å². The van der Waals surface area contributed by atoms with Crippen LogP contribution in [-0.4, -0.2) is 73.7 Å². The van der Waals surface area contributed by atoms with Gasteiger partial charge in [-0.2, -0.15) is 0 Å². The second-order valence-corrected chi connectivity index (χ2v) is 9.19. The molecule has 37 heavy (non-hydrogen) atoms. The Hall–Kier alpha value is -3.49. The van der Waals surface area contributed by atoms with Gasteiger partial charge in [0.05, 0.1) is 18.7 Å². The number of nitrogens with one attached hydrogen (secondary N) is 1. The molecule has 3 aromatic rings. The van der Waals surface area contributed by atoms with Crippen LogP contribution in [0.15, 0.2) is 60.7 Å². The van der Waals surface area contributed by atoms with Gasteiger partial charge < -0.3 is 19.7 Å². The summed E-state index contributed by atoms with van der Waals surface area (Å²) in [6, 6.07) is 17.8. The van der Waals surface area contributed by atoms with E-state index in [1.165, 1.54) is 12.1 Å². The van der Waals surface area contributed by atoms with Gasteiger partial charge >= 0.3 is 0 Å². The van der Waals surface area contributed by atoms with Gasteiger partial charge in [-0.15, -0.1) is 0 Å². The topological polar surface area (TPSA) is 66.9 Å². The number of pyridine rings is 1. The molecule has 0 radical (unpaired) electrons. The molecule has 1 fully saturated rings. The summed E-state index contributed by atoms with van der Waals surface area (Å²) in [5, 5.41) is 2.84. The fraction of sp³-hybridized carbons (Fsp3) is 0.379. The van der Waals surface area contributed by atoms with Gasteiger partial charge in [0, 0.05) is 44.8 Å². The highest BCUT2D eigenvalue weighted by molar-refractivity contribution is 5.78. The zero-order valence-electron chi connectivity index (χ0n) is 21.6. The Bertz CT molecular complexity index is 1160. The van der Waals surface area contributed by atoms with Crippen molar-refractivity contribution in [1.82, 2.24) is 20.1 Å². The number of carbonyl (C=O) groups is 1. The van der Waals surface area contributed by atoms with Crippen molar-refractivity contribution < 1.29 is 18.7 Å². The van der Waals surface area contributed by atoms with Crippen LogP contribution in [0.3, 0.4) is 0 Å². The van der Waals surface area contributed by atoms with Gasteiger partial charge in [-0.3, -0.25) is 9.69 Å². The van der Waals surface area contributed by atoms with Crippen LogP contribution in [0.4, 0.5) is 4.39 Å². The third-order valence-corrected chi connectivity index (χ3v) is 6.36. The summed E-state index contributed by atoms with van der Waals surface area (Å²) in [5.74, 6) is 0.808. The average molecular weight is 507 g/mol. The van der Waals surface area contributed by atoms with Crippen LogP contribution in [0, 0.1) is 5.82 Å². The molecule has 1 N–H and O–H groups in total. The van der Waals surface area contributed by atoms with Gasteiger partial charge in [0.15, 0.2) is 0 Å². The van der Waals surface area contributed by atoms with E-state index in [-0.39, 0.29) is 24.7 Å². The monoisotopic (exact) mass is 506 g/mol. The smallest absolute Gasteiger partial charge is 0.226 e. The van der Waals surface area contributed by atoms with Crippen molar-refractivity contribution in [1.29, 1.82) is 0 Å². The Balaban J connectivity index is 1.44. The zero-order chi connectivity index (χ0) is 26.0. The molecule has 1 amide bonds. The summed E-state index contributed by atoms with van der Waals surface area (Å²) in [7, 11) is 2.14. The molecule has 0 spiro atoms. The van der Waals surface area contributed by atoms with Crippen LogP contribution < -0.4 is 14.8 Å². The molecular formula is C29H35FN4O3. The molecule has 1 aromatic heterocycles. The van der Waals surface area contributed by atoms with Crippen molar-refractivity contribution in [2.45, 2.75) is 19.9 Å². The summed E-state index contributed by atoms with van der Waals surface area (Å²) < 4.78 is 25.2. The molecule has 4 rings (SSSR count). The highest BCUT2D eigenvalue weighted by Crippen LogP contribution is 2.30. The number of benzene rings is 2. The van der Waals surface area contributed by atoms with Crippen LogP contribution in [-0.2, 0) is 17.8 Å². The zero-order valence-corrected chi connectivity index (χ0v) is 21.6. The van der Waals surface area contributed by atoms with Crippen molar-refractivity contribution >= 4 is 5.91 Å². The number of likely N-dealkylation sites (N-methyl/N-ethyl adjacent to an activating group) is 1. The minimum atomic E-state index is -0.323. The number of halogens is 1. The van der Waals surface area contributed by atoms with E-state index in [0.717, 1.165) is 49.6 Å². The molecule has 0 saturated carbocycles. The van der Waals surface area contributed by atoms with Crippen LogP contribution in [0.1, 0.15) is 18.2 Å². The van der Waals surface area contributed by atoms with Gasteiger partial charge in [0.2, 0.25) is 11.8 Å². The fourth-order valence-corrected chi connectivity index (χ4v) is 4.22. The number of hydrogen-bond acceptors (Lipinski definition) is 6. The van der Waals surface area contributed by atoms with E-state index in [2.05, 4.69) is 22.2 Å². The molecular weight excluding hydrogens is 471 g/mol. The Kier molecular flexibility index (Phi) is 9.46. The number of amides is 1.